The minimum atomic E-state index is -0.395. The van der Waals surface area contributed by atoms with Crippen molar-refractivity contribution in [1.29, 1.82) is 0 Å². The molecule has 0 bridgehead atoms. The van der Waals surface area contributed by atoms with Crippen LogP contribution in [-0.2, 0) is 22.6 Å². The van der Waals surface area contributed by atoms with Crippen LogP contribution in [0.2, 0.25) is 0 Å². The number of esters is 1. The van der Waals surface area contributed by atoms with E-state index in [0.717, 1.165) is 28.8 Å². The number of aromatic nitrogens is 2. The van der Waals surface area contributed by atoms with Crippen LogP contribution in [0.4, 0.5) is 4.39 Å². The predicted octanol–water partition coefficient (Wildman–Crippen LogP) is 3.86. The number of aryl methyl sites for hydroxylation is 1. The summed E-state index contributed by atoms with van der Waals surface area (Å²) in [6, 6.07) is 15.1. The zero-order valence-corrected chi connectivity index (χ0v) is 17.0. The Morgan fingerprint density at radius 2 is 1.93 bits per heavy atom. The van der Waals surface area contributed by atoms with Crippen molar-refractivity contribution in [3.05, 3.63) is 82.0 Å². The summed E-state index contributed by atoms with van der Waals surface area (Å²) in [4.78, 5) is 30.4. The fourth-order valence-corrected chi connectivity index (χ4v) is 4.76. The average Bonchev–Trinajstić information content (AvgIpc) is 3.21. The van der Waals surface area contributed by atoms with Crippen molar-refractivity contribution >= 4 is 29.5 Å². The first-order valence-corrected chi connectivity index (χ1v) is 11.0. The van der Waals surface area contributed by atoms with E-state index in [1.165, 1.54) is 40.6 Å². The smallest absolute Gasteiger partial charge is 0.316 e. The lowest BCUT2D eigenvalue weighted by Gasteiger charge is -2.13. The molecular weight excluding hydrogens is 411 g/mol. The van der Waals surface area contributed by atoms with Gasteiger partial charge >= 0.3 is 5.97 Å². The van der Waals surface area contributed by atoms with Gasteiger partial charge in [0, 0.05) is 12.2 Å². The monoisotopic (exact) mass is 428 g/mol. The summed E-state index contributed by atoms with van der Waals surface area (Å²) >= 11 is 2.62. The number of benzene rings is 2. The number of hydrogen-bond donors (Lipinski definition) is 0. The normalized spacial score (nSPS) is 12.6. The second-order valence-corrected chi connectivity index (χ2v) is 8.37. The van der Waals surface area contributed by atoms with Crippen LogP contribution in [0.3, 0.4) is 0 Å². The molecule has 1 aliphatic rings. The van der Waals surface area contributed by atoms with Gasteiger partial charge in [-0.15, -0.1) is 11.8 Å². The van der Waals surface area contributed by atoms with Gasteiger partial charge in [-0.3, -0.25) is 14.2 Å². The highest BCUT2D eigenvalue weighted by atomic mass is 32.2. The number of carbonyl (C=O) groups excluding carboxylic acids is 1. The summed E-state index contributed by atoms with van der Waals surface area (Å²) in [5.41, 5.74) is 1.98. The van der Waals surface area contributed by atoms with E-state index in [2.05, 4.69) is 4.98 Å². The summed E-state index contributed by atoms with van der Waals surface area (Å²) in [5.74, 6) is 0.0401. The van der Waals surface area contributed by atoms with Gasteiger partial charge in [0.2, 0.25) is 0 Å². The maximum atomic E-state index is 13.3. The SMILES string of the molecule is O=C(CSc1nc2c(c(=O)n1-c1ccc(F)cc1)SCC2)OCc1ccccc1. The molecule has 2 aromatic carbocycles. The molecule has 0 N–H and O–H groups in total. The lowest BCUT2D eigenvalue weighted by Crippen LogP contribution is -2.24. The van der Waals surface area contributed by atoms with Crippen LogP contribution in [0.5, 0.6) is 0 Å². The number of thioether (sulfide) groups is 2. The maximum Gasteiger partial charge on any atom is 0.316 e. The average molecular weight is 429 g/mol. The van der Waals surface area contributed by atoms with Crippen LogP contribution in [0.1, 0.15) is 11.3 Å². The number of halogens is 1. The van der Waals surface area contributed by atoms with Crippen molar-refractivity contribution in [1.82, 2.24) is 9.55 Å². The number of rotatable bonds is 6. The highest BCUT2D eigenvalue weighted by Crippen LogP contribution is 2.30. The quantitative estimate of drug-likeness (QED) is 0.338. The molecule has 5 nitrogen and oxygen atoms in total. The van der Waals surface area contributed by atoms with Crippen molar-refractivity contribution in [3.8, 4) is 5.69 Å². The highest BCUT2D eigenvalue weighted by Gasteiger charge is 2.23. The van der Waals surface area contributed by atoms with Crippen LogP contribution in [0.15, 0.2) is 69.4 Å². The van der Waals surface area contributed by atoms with Gasteiger partial charge in [0.1, 0.15) is 12.4 Å². The Morgan fingerprint density at radius 1 is 1.17 bits per heavy atom. The van der Waals surface area contributed by atoms with Crippen LogP contribution in [-0.4, -0.2) is 27.0 Å². The lowest BCUT2D eigenvalue weighted by atomic mass is 10.2. The molecule has 0 unspecified atom stereocenters. The molecule has 0 aliphatic carbocycles. The van der Waals surface area contributed by atoms with Crippen LogP contribution in [0, 0.1) is 5.82 Å². The molecule has 1 aromatic heterocycles. The molecule has 0 spiro atoms. The standard InChI is InChI=1S/C21H17FN2O3S2/c22-15-6-8-16(9-7-15)24-20(26)19-17(10-11-28-19)23-21(24)29-13-18(25)27-12-14-4-2-1-3-5-14/h1-9H,10-13H2. The van der Waals surface area contributed by atoms with Crippen molar-refractivity contribution in [3.63, 3.8) is 0 Å². The molecule has 0 radical (unpaired) electrons. The fraction of sp³-hybridized carbons (Fsp3) is 0.190. The minimum Gasteiger partial charge on any atom is -0.460 e. The third kappa shape index (κ3) is 4.54. The second-order valence-electron chi connectivity index (χ2n) is 6.32. The van der Waals surface area contributed by atoms with Gasteiger partial charge in [-0.25, -0.2) is 9.37 Å². The zero-order chi connectivity index (χ0) is 20.2. The molecule has 4 rings (SSSR count). The topological polar surface area (TPSA) is 61.2 Å². The lowest BCUT2D eigenvalue weighted by molar-refractivity contribution is -0.141. The van der Waals surface area contributed by atoms with E-state index in [1.807, 2.05) is 30.3 Å². The van der Waals surface area contributed by atoms with Crippen molar-refractivity contribution in [2.75, 3.05) is 11.5 Å². The van der Waals surface area contributed by atoms with Gasteiger partial charge in [-0.1, -0.05) is 42.1 Å². The molecule has 0 saturated heterocycles. The Morgan fingerprint density at radius 3 is 2.69 bits per heavy atom. The first kappa shape index (κ1) is 19.7. The van der Waals surface area contributed by atoms with Gasteiger partial charge in [-0.2, -0.15) is 0 Å². The molecule has 148 valence electrons. The van der Waals surface area contributed by atoms with Gasteiger partial charge in [0.25, 0.3) is 5.56 Å². The molecule has 1 aliphatic heterocycles. The Labute approximate surface area is 175 Å². The Kier molecular flexibility index (Phi) is 6.01. The first-order valence-electron chi connectivity index (χ1n) is 8.99. The van der Waals surface area contributed by atoms with Crippen molar-refractivity contribution in [2.24, 2.45) is 0 Å². The van der Waals surface area contributed by atoms with Crippen LogP contribution >= 0.6 is 23.5 Å². The van der Waals surface area contributed by atoms with E-state index < -0.39 is 5.97 Å². The number of hydrogen-bond acceptors (Lipinski definition) is 6. The second kappa shape index (κ2) is 8.84. The van der Waals surface area contributed by atoms with Gasteiger partial charge < -0.3 is 4.74 Å². The van der Waals surface area contributed by atoms with E-state index >= 15 is 0 Å². The van der Waals surface area contributed by atoms with E-state index in [9.17, 15) is 14.0 Å². The van der Waals surface area contributed by atoms with Crippen LogP contribution in [0.25, 0.3) is 5.69 Å². The Balaban J connectivity index is 1.55. The molecule has 2 heterocycles. The van der Waals surface area contributed by atoms with Crippen molar-refractivity contribution < 1.29 is 13.9 Å². The van der Waals surface area contributed by atoms with E-state index in [1.54, 1.807) is 0 Å². The molecule has 0 amide bonds. The Bertz CT molecular complexity index is 1090. The van der Waals surface area contributed by atoms with E-state index in [4.69, 9.17) is 4.74 Å². The molecule has 29 heavy (non-hydrogen) atoms. The predicted molar refractivity (Wildman–Crippen MR) is 111 cm³/mol. The molecule has 0 fully saturated rings. The molecule has 0 saturated carbocycles. The van der Waals surface area contributed by atoms with Gasteiger partial charge in [-0.05, 0) is 29.8 Å². The number of fused-ring (bicyclic) bond motifs is 1. The molecule has 3 aromatic rings. The maximum absolute atomic E-state index is 13.3. The fourth-order valence-electron chi connectivity index (χ4n) is 2.91. The molecule has 8 heteroatoms. The van der Waals surface area contributed by atoms with Crippen molar-refractivity contribution in [2.45, 2.75) is 23.1 Å². The third-order valence-electron chi connectivity index (χ3n) is 4.31. The van der Waals surface area contributed by atoms with E-state index in [-0.39, 0.29) is 23.7 Å². The Hall–Kier alpha value is -2.58. The highest BCUT2D eigenvalue weighted by molar-refractivity contribution is 8.00. The number of ether oxygens (including phenoxy) is 1. The van der Waals surface area contributed by atoms with Gasteiger partial charge in [0.15, 0.2) is 5.16 Å². The van der Waals surface area contributed by atoms with E-state index in [0.29, 0.717) is 22.2 Å². The summed E-state index contributed by atoms with van der Waals surface area (Å²) in [6.07, 6.45) is 0.714. The summed E-state index contributed by atoms with van der Waals surface area (Å²) in [5, 5.41) is 0.402. The number of carbonyl (C=O) groups is 1. The molecule has 0 atom stereocenters. The molecular formula is C21H17FN2O3S2. The summed E-state index contributed by atoms with van der Waals surface area (Å²) < 4.78 is 20.1. The van der Waals surface area contributed by atoms with Crippen LogP contribution < -0.4 is 5.56 Å². The largest absolute Gasteiger partial charge is 0.460 e. The first-order chi connectivity index (χ1) is 14.1. The summed E-state index contributed by atoms with van der Waals surface area (Å²) in [7, 11) is 0. The minimum absolute atomic E-state index is 0.0202. The third-order valence-corrected chi connectivity index (χ3v) is 6.33. The zero-order valence-electron chi connectivity index (χ0n) is 15.3. The van der Waals surface area contributed by atoms with Gasteiger partial charge in [0.05, 0.1) is 22.0 Å². The summed E-state index contributed by atoms with van der Waals surface area (Å²) in [6.45, 7) is 0.194. The number of nitrogens with zero attached hydrogens (tertiary/aromatic N) is 2.